The number of halogens is 1. The quantitative estimate of drug-likeness (QED) is 0.513. The number of amides is 2. The first kappa shape index (κ1) is 23.6. The molecule has 0 aromatic heterocycles. The molecule has 2 aromatic carbocycles. The number of nitrogens with zero attached hydrogens (tertiary/aromatic N) is 1. The van der Waals surface area contributed by atoms with Gasteiger partial charge in [-0.1, -0.05) is 24.3 Å². The Morgan fingerprint density at radius 1 is 1.25 bits per heavy atom. The molecule has 0 saturated carbocycles. The van der Waals surface area contributed by atoms with Gasteiger partial charge in [-0.25, -0.2) is 22.3 Å². The van der Waals surface area contributed by atoms with E-state index in [2.05, 4.69) is 10.0 Å². The summed E-state index contributed by atoms with van der Waals surface area (Å²) in [6, 6.07) is 11.3. The number of benzene rings is 2. The third-order valence-electron chi connectivity index (χ3n) is 4.99. The smallest absolute Gasteiger partial charge is 0.414 e. The fraction of sp³-hybridized carbons (Fsp3) is 0.333. The molecule has 1 aliphatic rings. The Bertz CT molecular complexity index is 1090. The molecule has 1 fully saturated rings. The monoisotopic (exact) mass is 464 g/mol. The van der Waals surface area contributed by atoms with Crippen molar-refractivity contribution < 1.29 is 27.1 Å². The van der Waals surface area contributed by atoms with Gasteiger partial charge in [0.1, 0.15) is 11.9 Å². The maximum atomic E-state index is 14.8. The minimum absolute atomic E-state index is 0.00368. The summed E-state index contributed by atoms with van der Waals surface area (Å²) in [5, 5.41) is 2.55. The Hall–Kier alpha value is -3.02. The highest BCUT2D eigenvalue weighted by Gasteiger charge is 2.32. The Balaban J connectivity index is 1.67. The topological polar surface area (TPSA) is 131 Å². The molecule has 4 N–H and O–H groups in total. The lowest BCUT2D eigenvalue weighted by molar-refractivity contribution is -0.120. The number of rotatable bonds is 9. The van der Waals surface area contributed by atoms with E-state index in [0.717, 1.165) is 5.56 Å². The molecule has 1 saturated heterocycles. The predicted octanol–water partition coefficient (Wildman–Crippen LogP) is 1.33. The molecule has 0 aliphatic carbocycles. The summed E-state index contributed by atoms with van der Waals surface area (Å²) in [6.45, 7) is 1.85. The van der Waals surface area contributed by atoms with Crippen LogP contribution < -0.4 is 20.7 Å². The van der Waals surface area contributed by atoms with E-state index in [1.54, 1.807) is 43.3 Å². The van der Waals surface area contributed by atoms with Crippen LogP contribution in [-0.4, -0.2) is 51.9 Å². The standard InChI is InChI=1S/C21H25FN4O5S/c1-2-32(29,30)25-11-14-3-5-15(6-4-14)18-8-7-16(9-19(18)22)26-13-17(31-21(26)28)12-24-20(27)10-23/h3-9,17,25H,2,10-13,23H2,1H3,(H,24,27)/t17-/m0/s1. The number of carbonyl (C=O) groups excluding carboxylic acids is 2. The maximum Gasteiger partial charge on any atom is 0.414 e. The van der Waals surface area contributed by atoms with Gasteiger partial charge >= 0.3 is 6.09 Å². The highest BCUT2D eigenvalue weighted by atomic mass is 32.2. The molecule has 172 valence electrons. The Labute approximate surface area is 185 Å². The fourth-order valence-corrected chi connectivity index (χ4v) is 3.73. The van der Waals surface area contributed by atoms with E-state index in [0.29, 0.717) is 16.8 Å². The number of cyclic esters (lactones) is 1. The summed E-state index contributed by atoms with van der Waals surface area (Å²) in [6.07, 6.45) is -1.18. The van der Waals surface area contributed by atoms with Crippen molar-refractivity contribution in [2.24, 2.45) is 5.73 Å². The van der Waals surface area contributed by atoms with Crippen LogP contribution in [0.4, 0.5) is 14.9 Å². The van der Waals surface area contributed by atoms with E-state index in [4.69, 9.17) is 10.5 Å². The summed E-state index contributed by atoms with van der Waals surface area (Å²) < 4.78 is 45.6. The third-order valence-corrected chi connectivity index (χ3v) is 6.34. The van der Waals surface area contributed by atoms with Crippen molar-refractivity contribution in [2.45, 2.75) is 19.6 Å². The first-order valence-electron chi connectivity index (χ1n) is 10.0. The molecule has 1 heterocycles. The predicted molar refractivity (Wildman–Crippen MR) is 118 cm³/mol. The molecule has 3 rings (SSSR count). The van der Waals surface area contributed by atoms with Crippen LogP contribution in [0.5, 0.6) is 0 Å². The second-order valence-electron chi connectivity index (χ2n) is 7.21. The van der Waals surface area contributed by atoms with Gasteiger partial charge < -0.3 is 15.8 Å². The molecule has 9 nitrogen and oxygen atoms in total. The van der Waals surface area contributed by atoms with Gasteiger partial charge in [-0.05, 0) is 36.2 Å². The lowest BCUT2D eigenvalue weighted by atomic mass is 10.0. The molecule has 0 unspecified atom stereocenters. The number of anilines is 1. The van der Waals surface area contributed by atoms with Crippen molar-refractivity contribution in [3.8, 4) is 11.1 Å². The first-order valence-corrected chi connectivity index (χ1v) is 11.7. The number of nitrogens with one attached hydrogen (secondary N) is 2. The number of ether oxygens (including phenoxy) is 1. The van der Waals surface area contributed by atoms with E-state index in [1.807, 2.05) is 0 Å². The van der Waals surface area contributed by atoms with Gasteiger partial charge in [0.25, 0.3) is 0 Å². The molecule has 1 atom stereocenters. The Morgan fingerprint density at radius 2 is 1.97 bits per heavy atom. The number of sulfonamides is 1. The molecule has 2 amide bonds. The second kappa shape index (κ2) is 10.1. The van der Waals surface area contributed by atoms with Crippen LogP contribution >= 0.6 is 0 Å². The lowest BCUT2D eigenvalue weighted by Crippen LogP contribution is -2.37. The molecular weight excluding hydrogens is 439 g/mol. The average Bonchev–Trinajstić information content (AvgIpc) is 3.17. The number of hydrogen-bond donors (Lipinski definition) is 3. The van der Waals surface area contributed by atoms with Crippen molar-refractivity contribution in [2.75, 3.05) is 30.3 Å². The average molecular weight is 465 g/mol. The van der Waals surface area contributed by atoms with Crippen molar-refractivity contribution in [1.29, 1.82) is 0 Å². The maximum absolute atomic E-state index is 14.8. The summed E-state index contributed by atoms with van der Waals surface area (Å²) >= 11 is 0. The van der Waals surface area contributed by atoms with Crippen LogP contribution in [0.3, 0.4) is 0 Å². The zero-order valence-corrected chi connectivity index (χ0v) is 18.3. The molecule has 1 aliphatic heterocycles. The van der Waals surface area contributed by atoms with Crippen LogP contribution in [-0.2, 0) is 26.1 Å². The van der Waals surface area contributed by atoms with Crippen molar-refractivity contribution in [3.63, 3.8) is 0 Å². The Morgan fingerprint density at radius 3 is 2.59 bits per heavy atom. The van der Waals surface area contributed by atoms with Crippen molar-refractivity contribution >= 4 is 27.7 Å². The van der Waals surface area contributed by atoms with E-state index >= 15 is 0 Å². The largest absolute Gasteiger partial charge is 0.442 e. The van der Waals surface area contributed by atoms with Gasteiger partial charge in [-0.2, -0.15) is 0 Å². The molecule has 0 radical (unpaired) electrons. The van der Waals surface area contributed by atoms with E-state index in [-0.39, 0.29) is 37.8 Å². The zero-order chi connectivity index (χ0) is 23.3. The van der Waals surface area contributed by atoms with Crippen LogP contribution in [0, 0.1) is 5.82 Å². The third kappa shape index (κ3) is 5.81. The molecule has 32 heavy (non-hydrogen) atoms. The number of hydrogen-bond acceptors (Lipinski definition) is 6. The van der Waals surface area contributed by atoms with E-state index < -0.39 is 28.0 Å². The lowest BCUT2D eigenvalue weighted by Gasteiger charge is -2.15. The van der Waals surface area contributed by atoms with Gasteiger partial charge in [0.15, 0.2) is 0 Å². The van der Waals surface area contributed by atoms with Gasteiger partial charge in [-0.15, -0.1) is 0 Å². The van der Waals surface area contributed by atoms with Crippen LogP contribution in [0.2, 0.25) is 0 Å². The number of carbonyl (C=O) groups is 2. The highest BCUT2D eigenvalue weighted by Crippen LogP contribution is 2.29. The van der Waals surface area contributed by atoms with Crippen LogP contribution in [0.1, 0.15) is 12.5 Å². The zero-order valence-electron chi connectivity index (χ0n) is 17.5. The van der Waals surface area contributed by atoms with Gasteiger partial charge in [0, 0.05) is 12.1 Å². The molecule has 2 aromatic rings. The first-order chi connectivity index (χ1) is 15.2. The summed E-state index contributed by atoms with van der Waals surface area (Å²) in [7, 11) is -3.30. The second-order valence-corrected chi connectivity index (χ2v) is 9.31. The fourth-order valence-electron chi connectivity index (χ4n) is 3.14. The summed E-state index contributed by atoms with van der Waals surface area (Å²) in [5.41, 5.74) is 7.27. The summed E-state index contributed by atoms with van der Waals surface area (Å²) in [5.74, 6) is -0.880. The molecule has 0 spiro atoms. The SMILES string of the molecule is CCS(=O)(=O)NCc1ccc(-c2ccc(N3C[C@H](CNC(=O)CN)OC3=O)cc2F)cc1. The molecule has 0 bridgehead atoms. The van der Waals surface area contributed by atoms with Gasteiger partial charge in [0.05, 0.1) is 31.1 Å². The van der Waals surface area contributed by atoms with Crippen molar-refractivity contribution in [3.05, 3.63) is 53.8 Å². The summed E-state index contributed by atoms with van der Waals surface area (Å²) in [4.78, 5) is 24.7. The highest BCUT2D eigenvalue weighted by molar-refractivity contribution is 7.89. The van der Waals surface area contributed by atoms with Crippen molar-refractivity contribution in [1.82, 2.24) is 10.0 Å². The Kier molecular flexibility index (Phi) is 7.44. The minimum Gasteiger partial charge on any atom is -0.442 e. The normalized spacial score (nSPS) is 16.2. The van der Waals surface area contributed by atoms with Gasteiger partial charge in [-0.3, -0.25) is 9.69 Å². The van der Waals surface area contributed by atoms with Crippen LogP contribution in [0.15, 0.2) is 42.5 Å². The molecular formula is C21H25FN4O5S. The van der Waals surface area contributed by atoms with E-state index in [9.17, 15) is 22.4 Å². The minimum atomic E-state index is -3.30. The molecule has 11 heteroatoms. The van der Waals surface area contributed by atoms with Crippen LogP contribution in [0.25, 0.3) is 11.1 Å². The van der Waals surface area contributed by atoms with E-state index in [1.165, 1.54) is 11.0 Å². The number of nitrogens with two attached hydrogens (primary N) is 1. The van der Waals surface area contributed by atoms with Gasteiger partial charge in [0.2, 0.25) is 15.9 Å².